The van der Waals surface area contributed by atoms with Crippen LogP contribution in [0.3, 0.4) is 0 Å². The Morgan fingerprint density at radius 2 is 2.17 bits per heavy atom. The predicted octanol–water partition coefficient (Wildman–Crippen LogP) is 4.77. The molecule has 1 heterocycles. The monoisotopic (exact) mass is 447 g/mol. The topological polar surface area (TPSA) is 38.8 Å². The Bertz CT molecular complexity index is 625. The fourth-order valence-corrected chi connectivity index (χ4v) is 2.88. The number of nitrogens with zero attached hydrogens (tertiary/aromatic N) is 1. The molecule has 0 saturated carbocycles. The van der Waals surface area contributed by atoms with E-state index in [-0.39, 0.29) is 11.9 Å². The summed E-state index contributed by atoms with van der Waals surface area (Å²) < 4.78 is 25.2. The molecule has 24 heavy (non-hydrogen) atoms. The minimum atomic E-state index is -0.490. The molecule has 1 amide bonds. The van der Waals surface area contributed by atoms with Gasteiger partial charge in [-0.1, -0.05) is 5.57 Å². The van der Waals surface area contributed by atoms with Gasteiger partial charge in [0.05, 0.1) is 3.57 Å². The van der Waals surface area contributed by atoms with Crippen LogP contribution in [0.15, 0.2) is 29.8 Å². The number of carbonyl (C=O) groups excluding carboxylic acids is 1. The van der Waals surface area contributed by atoms with Crippen LogP contribution in [-0.4, -0.2) is 36.3 Å². The number of piperidine rings is 1. The minimum Gasteiger partial charge on any atom is -0.488 e. The molecule has 1 aliphatic heterocycles. The Labute approximate surface area is 156 Å². The third kappa shape index (κ3) is 5.96. The largest absolute Gasteiger partial charge is 0.488 e. The fraction of sp³-hybridized carbons (Fsp3) is 0.500. The van der Waals surface area contributed by atoms with Crippen LogP contribution < -0.4 is 4.74 Å². The number of hydrogen-bond acceptors (Lipinski definition) is 3. The second kappa shape index (κ2) is 8.18. The number of rotatable bonds is 3. The molecule has 132 valence electrons. The highest BCUT2D eigenvalue weighted by Gasteiger charge is 2.24. The maximum absolute atomic E-state index is 13.2. The summed E-state index contributed by atoms with van der Waals surface area (Å²) in [5, 5.41) is 0. The molecule has 4 nitrogen and oxygen atoms in total. The summed E-state index contributed by atoms with van der Waals surface area (Å²) in [6.07, 6.45) is 3.52. The summed E-state index contributed by atoms with van der Waals surface area (Å²) in [5.41, 5.74) is 0.647. The van der Waals surface area contributed by atoms with Crippen LogP contribution in [0.1, 0.15) is 33.6 Å². The fourth-order valence-electron chi connectivity index (χ4n) is 2.39. The molecule has 0 spiro atoms. The molecule has 0 aromatic heterocycles. The van der Waals surface area contributed by atoms with Crippen LogP contribution in [-0.2, 0) is 4.74 Å². The van der Waals surface area contributed by atoms with Crippen molar-refractivity contribution < 1.29 is 18.7 Å². The van der Waals surface area contributed by atoms with E-state index in [2.05, 4.69) is 22.6 Å². The number of amides is 1. The summed E-state index contributed by atoms with van der Waals surface area (Å²) in [4.78, 5) is 13.9. The number of halogens is 2. The third-order valence-electron chi connectivity index (χ3n) is 3.48. The van der Waals surface area contributed by atoms with E-state index < -0.39 is 5.60 Å². The van der Waals surface area contributed by atoms with Gasteiger partial charge in [0, 0.05) is 19.2 Å². The lowest BCUT2D eigenvalue weighted by Crippen LogP contribution is -2.40. The second-order valence-electron chi connectivity index (χ2n) is 6.75. The van der Waals surface area contributed by atoms with Crippen LogP contribution in [0.5, 0.6) is 5.75 Å². The third-order valence-corrected chi connectivity index (χ3v) is 4.37. The molecule has 6 heteroatoms. The van der Waals surface area contributed by atoms with Gasteiger partial charge in [0.15, 0.2) is 0 Å². The van der Waals surface area contributed by atoms with E-state index in [1.165, 1.54) is 12.1 Å². The molecule has 1 aliphatic rings. The zero-order valence-electron chi connectivity index (χ0n) is 14.3. The van der Waals surface area contributed by atoms with Crippen LogP contribution >= 0.6 is 22.6 Å². The van der Waals surface area contributed by atoms with Crippen LogP contribution in [0.4, 0.5) is 9.18 Å². The molecular formula is C18H23FINO3. The summed E-state index contributed by atoms with van der Waals surface area (Å²) in [5.74, 6) is 0.221. The standard InChI is InChI=1S/C18H23FINO3/c1-18(2,3)24-17(22)21-9-4-5-13(12-21)8-10-23-16-11-14(19)6-7-15(16)20/h6-8,11H,4-5,9-10,12H2,1-3H3/b13-8+. The summed E-state index contributed by atoms with van der Waals surface area (Å²) in [6, 6.07) is 4.48. The molecule has 0 bridgehead atoms. The van der Waals surface area contributed by atoms with Crippen molar-refractivity contribution in [3.63, 3.8) is 0 Å². The van der Waals surface area contributed by atoms with E-state index in [9.17, 15) is 9.18 Å². The maximum Gasteiger partial charge on any atom is 0.410 e. The molecule has 1 saturated heterocycles. The van der Waals surface area contributed by atoms with Crippen molar-refractivity contribution >= 4 is 28.7 Å². The highest BCUT2D eigenvalue weighted by molar-refractivity contribution is 14.1. The van der Waals surface area contributed by atoms with Gasteiger partial charge in [0.2, 0.25) is 0 Å². The molecule has 1 fully saturated rings. The lowest BCUT2D eigenvalue weighted by Gasteiger charge is -2.31. The van der Waals surface area contributed by atoms with E-state index >= 15 is 0 Å². The summed E-state index contributed by atoms with van der Waals surface area (Å²) in [7, 11) is 0. The van der Waals surface area contributed by atoms with Crippen LogP contribution in [0, 0.1) is 9.39 Å². The van der Waals surface area contributed by atoms with Crippen molar-refractivity contribution in [3.05, 3.63) is 39.2 Å². The van der Waals surface area contributed by atoms with Gasteiger partial charge in [-0.25, -0.2) is 9.18 Å². The van der Waals surface area contributed by atoms with Gasteiger partial charge in [-0.05, 0) is 74.4 Å². The highest BCUT2D eigenvalue weighted by Crippen LogP contribution is 2.22. The van der Waals surface area contributed by atoms with Crippen molar-refractivity contribution in [3.8, 4) is 5.75 Å². The molecule has 1 aromatic rings. The van der Waals surface area contributed by atoms with Gasteiger partial charge >= 0.3 is 6.09 Å². The Balaban J connectivity index is 1.91. The number of benzene rings is 1. The van der Waals surface area contributed by atoms with Crippen molar-refractivity contribution in [2.24, 2.45) is 0 Å². The molecular weight excluding hydrogens is 424 g/mol. The molecule has 0 unspecified atom stereocenters. The quantitative estimate of drug-likeness (QED) is 0.495. The number of likely N-dealkylation sites (tertiary alicyclic amines) is 1. The molecule has 0 aliphatic carbocycles. The number of carbonyl (C=O) groups is 1. The highest BCUT2D eigenvalue weighted by atomic mass is 127. The predicted molar refractivity (Wildman–Crippen MR) is 99.7 cm³/mol. The Hall–Kier alpha value is -1.31. The van der Waals surface area contributed by atoms with Crippen molar-refractivity contribution in [2.45, 2.75) is 39.2 Å². The average Bonchev–Trinajstić information content (AvgIpc) is 2.49. The molecule has 0 N–H and O–H groups in total. The van der Waals surface area contributed by atoms with E-state index in [4.69, 9.17) is 9.47 Å². The Kier molecular flexibility index (Phi) is 6.48. The first-order chi connectivity index (χ1) is 11.2. The van der Waals surface area contributed by atoms with Crippen LogP contribution in [0.25, 0.3) is 0 Å². The second-order valence-corrected chi connectivity index (χ2v) is 7.92. The Morgan fingerprint density at radius 1 is 1.42 bits per heavy atom. The van der Waals surface area contributed by atoms with Gasteiger partial charge in [0.1, 0.15) is 23.8 Å². The van der Waals surface area contributed by atoms with E-state index in [0.29, 0.717) is 25.4 Å². The number of hydrogen-bond donors (Lipinski definition) is 0. The van der Waals surface area contributed by atoms with Gasteiger partial charge in [-0.15, -0.1) is 0 Å². The van der Waals surface area contributed by atoms with Crippen molar-refractivity contribution in [1.29, 1.82) is 0 Å². The lowest BCUT2D eigenvalue weighted by atomic mass is 10.1. The maximum atomic E-state index is 13.2. The van der Waals surface area contributed by atoms with Gasteiger partial charge in [-0.3, -0.25) is 0 Å². The normalized spacial score (nSPS) is 17.0. The lowest BCUT2D eigenvalue weighted by molar-refractivity contribution is 0.0246. The first-order valence-corrected chi connectivity index (χ1v) is 9.06. The van der Waals surface area contributed by atoms with Gasteiger partial charge in [0.25, 0.3) is 0 Å². The van der Waals surface area contributed by atoms with Crippen molar-refractivity contribution in [2.75, 3.05) is 19.7 Å². The van der Waals surface area contributed by atoms with Gasteiger partial charge < -0.3 is 14.4 Å². The SMILES string of the molecule is CC(C)(C)OC(=O)N1CCC/C(=C\COc2cc(F)ccc2I)C1. The number of ether oxygens (including phenoxy) is 2. The first-order valence-electron chi connectivity index (χ1n) is 7.98. The molecule has 0 radical (unpaired) electrons. The van der Waals surface area contributed by atoms with E-state index in [1.54, 1.807) is 11.0 Å². The zero-order chi connectivity index (χ0) is 17.7. The molecule has 2 rings (SSSR count). The molecule has 0 atom stereocenters. The smallest absolute Gasteiger partial charge is 0.410 e. The van der Waals surface area contributed by atoms with Crippen LogP contribution in [0.2, 0.25) is 0 Å². The minimum absolute atomic E-state index is 0.284. The van der Waals surface area contributed by atoms with Gasteiger partial charge in [-0.2, -0.15) is 0 Å². The average molecular weight is 447 g/mol. The van der Waals surface area contributed by atoms with E-state index in [0.717, 1.165) is 22.0 Å². The molecule has 1 aromatic carbocycles. The summed E-state index contributed by atoms with van der Waals surface area (Å²) >= 11 is 2.11. The van der Waals surface area contributed by atoms with E-state index in [1.807, 2.05) is 26.8 Å². The first kappa shape index (κ1) is 19.0. The zero-order valence-corrected chi connectivity index (χ0v) is 16.4. The van der Waals surface area contributed by atoms with Crippen molar-refractivity contribution in [1.82, 2.24) is 4.90 Å². The Morgan fingerprint density at radius 3 is 2.88 bits per heavy atom. The summed E-state index contributed by atoms with van der Waals surface area (Å²) in [6.45, 7) is 7.20.